The molecule has 0 atom stereocenters. The van der Waals surface area contributed by atoms with Gasteiger partial charge in [0.05, 0.1) is 31.0 Å². The zero-order valence-electron chi connectivity index (χ0n) is 15.8. The third-order valence-corrected chi connectivity index (χ3v) is 4.81. The third kappa shape index (κ3) is 3.80. The van der Waals surface area contributed by atoms with Crippen LogP contribution in [0.4, 0.5) is 13.2 Å². The number of nitrogens with one attached hydrogen (secondary N) is 1. The fraction of sp³-hybridized carbons (Fsp3) is 0.333. The molecule has 3 rings (SSSR count). The van der Waals surface area contributed by atoms with Gasteiger partial charge in [-0.1, -0.05) is 12.1 Å². The van der Waals surface area contributed by atoms with Gasteiger partial charge in [0, 0.05) is 17.0 Å². The molecule has 7 heteroatoms. The second kappa shape index (κ2) is 8.14. The van der Waals surface area contributed by atoms with Crippen molar-refractivity contribution >= 4 is 10.9 Å². The Morgan fingerprint density at radius 3 is 2.46 bits per heavy atom. The summed E-state index contributed by atoms with van der Waals surface area (Å²) in [4.78, 5) is 3.02. The van der Waals surface area contributed by atoms with Gasteiger partial charge in [0.1, 0.15) is 11.5 Å². The number of rotatable bonds is 7. The number of hydrogen-bond acceptors (Lipinski definition) is 3. The highest BCUT2D eigenvalue weighted by Crippen LogP contribution is 2.42. The summed E-state index contributed by atoms with van der Waals surface area (Å²) in [5.74, 6) is 1.14. The van der Waals surface area contributed by atoms with Gasteiger partial charge in [-0.25, -0.2) is 0 Å². The summed E-state index contributed by atoms with van der Waals surface area (Å²) in [6.45, 7) is 0.539. The highest BCUT2D eigenvalue weighted by atomic mass is 19.4. The molecule has 0 saturated heterocycles. The maximum atomic E-state index is 13.5. The number of aromatic amines is 1. The number of halogens is 3. The molecular formula is C21H23F3N2O2. The number of H-pyrrole nitrogens is 1. The van der Waals surface area contributed by atoms with Crippen molar-refractivity contribution in [2.24, 2.45) is 5.73 Å². The number of fused-ring (bicyclic) bond motifs is 1. The van der Waals surface area contributed by atoms with Crippen molar-refractivity contribution in [2.45, 2.75) is 25.4 Å². The lowest BCUT2D eigenvalue weighted by molar-refractivity contribution is -0.136. The lowest BCUT2D eigenvalue weighted by Gasteiger charge is -2.11. The predicted molar refractivity (Wildman–Crippen MR) is 104 cm³/mol. The van der Waals surface area contributed by atoms with Crippen LogP contribution >= 0.6 is 0 Å². The molecule has 0 unspecified atom stereocenters. The molecule has 3 N–H and O–H groups in total. The highest BCUT2D eigenvalue weighted by molar-refractivity contribution is 5.94. The van der Waals surface area contributed by atoms with Crippen LogP contribution in [0.1, 0.15) is 24.0 Å². The van der Waals surface area contributed by atoms with Crippen molar-refractivity contribution in [2.75, 3.05) is 20.8 Å². The van der Waals surface area contributed by atoms with Gasteiger partial charge in [0.2, 0.25) is 0 Å². The molecule has 4 nitrogen and oxygen atoms in total. The Balaban J connectivity index is 2.25. The van der Waals surface area contributed by atoms with Gasteiger partial charge in [-0.15, -0.1) is 0 Å². The Labute approximate surface area is 161 Å². The number of nitrogens with two attached hydrogens (primary N) is 1. The highest BCUT2D eigenvalue weighted by Gasteiger charge is 2.34. The molecule has 0 aliphatic heterocycles. The first-order valence-corrected chi connectivity index (χ1v) is 9.04. The lowest BCUT2D eigenvalue weighted by Crippen LogP contribution is -2.05. The second-order valence-electron chi connectivity index (χ2n) is 6.52. The third-order valence-electron chi connectivity index (χ3n) is 4.81. The molecule has 2 aromatic carbocycles. The van der Waals surface area contributed by atoms with Crippen molar-refractivity contribution in [1.82, 2.24) is 4.98 Å². The average Bonchev–Trinajstić information content (AvgIpc) is 3.05. The van der Waals surface area contributed by atoms with E-state index in [1.54, 1.807) is 31.4 Å². The summed E-state index contributed by atoms with van der Waals surface area (Å²) in [5, 5.41) is 0.569. The molecule has 150 valence electrons. The minimum Gasteiger partial charge on any atom is -0.497 e. The second-order valence-corrected chi connectivity index (χ2v) is 6.52. The van der Waals surface area contributed by atoms with Crippen LogP contribution in [0.3, 0.4) is 0 Å². The number of para-hydroxylation sites is 1. The van der Waals surface area contributed by atoms with Crippen LogP contribution in [0.25, 0.3) is 22.2 Å². The number of aromatic nitrogens is 1. The maximum Gasteiger partial charge on any atom is 0.418 e. The number of aryl methyl sites for hydroxylation is 1. The van der Waals surface area contributed by atoms with Crippen molar-refractivity contribution in [3.8, 4) is 22.8 Å². The molecule has 0 radical (unpaired) electrons. The predicted octanol–water partition coefficient (Wildman–Crippen LogP) is 5.15. The van der Waals surface area contributed by atoms with Crippen LogP contribution in [-0.4, -0.2) is 25.7 Å². The Kier molecular flexibility index (Phi) is 5.84. The molecule has 3 aromatic rings. The number of hydrogen-bond donors (Lipinski definition) is 2. The van der Waals surface area contributed by atoms with Crippen molar-refractivity contribution < 1.29 is 22.6 Å². The van der Waals surface area contributed by atoms with E-state index in [1.807, 2.05) is 0 Å². The molecular weight excluding hydrogens is 369 g/mol. The zero-order valence-corrected chi connectivity index (χ0v) is 15.8. The van der Waals surface area contributed by atoms with Gasteiger partial charge in [0.25, 0.3) is 0 Å². The van der Waals surface area contributed by atoms with Crippen molar-refractivity contribution in [3.63, 3.8) is 0 Å². The van der Waals surface area contributed by atoms with Crippen LogP contribution in [0, 0.1) is 0 Å². The summed E-state index contributed by atoms with van der Waals surface area (Å²) in [6, 6.07) is 9.53. The molecule has 28 heavy (non-hydrogen) atoms. The Morgan fingerprint density at radius 2 is 1.82 bits per heavy atom. The summed E-state index contributed by atoms with van der Waals surface area (Å²) in [5.41, 5.74) is 7.16. The van der Waals surface area contributed by atoms with Gasteiger partial charge in [0.15, 0.2) is 0 Å². The molecule has 0 aliphatic rings. The minimum atomic E-state index is -4.44. The molecule has 0 fully saturated rings. The van der Waals surface area contributed by atoms with Gasteiger partial charge in [-0.2, -0.15) is 13.2 Å². The van der Waals surface area contributed by atoms with E-state index in [0.717, 1.165) is 24.5 Å². The van der Waals surface area contributed by atoms with Crippen LogP contribution in [-0.2, 0) is 12.6 Å². The Morgan fingerprint density at radius 1 is 1.04 bits per heavy atom. The molecule has 0 spiro atoms. The first-order chi connectivity index (χ1) is 13.4. The first-order valence-electron chi connectivity index (χ1n) is 9.04. The topological polar surface area (TPSA) is 60.3 Å². The summed E-state index contributed by atoms with van der Waals surface area (Å²) >= 11 is 0. The quantitative estimate of drug-likeness (QED) is 0.547. The fourth-order valence-electron chi connectivity index (χ4n) is 3.45. The normalized spacial score (nSPS) is 11.8. The van der Waals surface area contributed by atoms with Crippen LogP contribution in [0.15, 0.2) is 36.4 Å². The van der Waals surface area contributed by atoms with E-state index in [4.69, 9.17) is 15.2 Å². The number of methoxy groups -OCH3 is 2. The van der Waals surface area contributed by atoms with E-state index in [-0.39, 0.29) is 5.52 Å². The van der Waals surface area contributed by atoms with Crippen LogP contribution in [0.2, 0.25) is 0 Å². The lowest BCUT2D eigenvalue weighted by atomic mass is 9.98. The maximum absolute atomic E-state index is 13.5. The SMILES string of the molecule is COc1ccc(-c2[nH]c3c(C(F)(F)F)cccc3c2CCCCN)c(OC)c1. The smallest absolute Gasteiger partial charge is 0.418 e. The number of unbranched alkanes of at least 4 members (excludes halogenated alkanes) is 1. The number of benzene rings is 2. The van der Waals surface area contributed by atoms with E-state index in [0.29, 0.717) is 41.1 Å². The zero-order chi connectivity index (χ0) is 20.3. The average molecular weight is 392 g/mol. The van der Waals surface area contributed by atoms with Crippen LogP contribution in [0.5, 0.6) is 11.5 Å². The molecule has 0 aliphatic carbocycles. The van der Waals surface area contributed by atoms with Gasteiger partial charge in [-0.05, 0) is 49.6 Å². The summed E-state index contributed by atoms with van der Waals surface area (Å²) < 4.78 is 51.3. The number of ether oxygens (including phenoxy) is 2. The molecule has 0 amide bonds. The molecule has 0 saturated carbocycles. The van der Waals surface area contributed by atoms with Gasteiger partial charge < -0.3 is 20.2 Å². The van der Waals surface area contributed by atoms with E-state index >= 15 is 0 Å². The molecule has 0 bridgehead atoms. The largest absolute Gasteiger partial charge is 0.497 e. The summed E-state index contributed by atoms with van der Waals surface area (Å²) in [7, 11) is 3.07. The van der Waals surface area contributed by atoms with Gasteiger partial charge in [-0.3, -0.25) is 0 Å². The van der Waals surface area contributed by atoms with E-state index in [9.17, 15) is 13.2 Å². The minimum absolute atomic E-state index is 0.0885. The fourth-order valence-corrected chi connectivity index (χ4v) is 3.45. The van der Waals surface area contributed by atoms with E-state index < -0.39 is 11.7 Å². The van der Waals surface area contributed by atoms with E-state index in [1.165, 1.54) is 13.2 Å². The summed E-state index contributed by atoms with van der Waals surface area (Å²) in [6.07, 6.45) is -2.25. The van der Waals surface area contributed by atoms with Crippen LogP contribution < -0.4 is 15.2 Å². The number of alkyl halides is 3. The van der Waals surface area contributed by atoms with E-state index in [2.05, 4.69) is 4.98 Å². The van der Waals surface area contributed by atoms with Crippen molar-refractivity contribution in [1.29, 1.82) is 0 Å². The molecule has 1 aromatic heterocycles. The Hall–Kier alpha value is -2.67. The molecule has 1 heterocycles. The van der Waals surface area contributed by atoms with Crippen molar-refractivity contribution in [3.05, 3.63) is 47.5 Å². The Bertz CT molecular complexity index is 964. The standard InChI is InChI=1S/C21H23F3N2O2/c1-27-13-9-10-16(18(12-13)28-2)19-14(6-3-4-11-25)15-7-5-8-17(20(15)26-19)21(22,23)24/h5,7-10,12,26H,3-4,6,11,25H2,1-2H3. The van der Waals surface area contributed by atoms with Gasteiger partial charge >= 0.3 is 6.18 Å². The first kappa shape index (κ1) is 20.1. The monoisotopic (exact) mass is 392 g/mol.